The lowest BCUT2D eigenvalue weighted by atomic mass is 10.1. The van der Waals surface area contributed by atoms with Gasteiger partial charge in [-0.05, 0) is 19.4 Å². The van der Waals surface area contributed by atoms with E-state index in [1.807, 2.05) is 30.3 Å². The zero-order valence-corrected chi connectivity index (χ0v) is 15.3. The second kappa shape index (κ2) is 8.79. The highest BCUT2D eigenvalue weighted by molar-refractivity contribution is 7.88. The predicted molar refractivity (Wildman–Crippen MR) is 92.6 cm³/mol. The van der Waals surface area contributed by atoms with Crippen molar-refractivity contribution in [2.75, 3.05) is 26.4 Å². The molecular weight excluding hydrogens is 330 g/mol. The van der Waals surface area contributed by atoms with E-state index in [2.05, 4.69) is 5.32 Å². The number of nitrogens with one attached hydrogen (secondary N) is 1. The number of carbonyl (C=O) groups excluding carboxylic acids is 2. The average Bonchev–Trinajstić information content (AvgIpc) is 2.52. The van der Waals surface area contributed by atoms with Gasteiger partial charge in [-0.2, -0.15) is 4.31 Å². The summed E-state index contributed by atoms with van der Waals surface area (Å²) in [7, 11) is -2.14. The van der Waals surface area contributed by atoms with Crippen molar-refractivity contribution >= 4 is 21.8 Å². The van der Waals surface area contributed by atoms with Crippen molar-refractivity contribution in [1.82, 2.24) is 14.5 Å². The Morgan fingerprint density at radius 1 is 1.21 bits per heavy atom. The van der Waals surface area contributed by atoms with Crippen LogP contribution in [0.2, 0.25) is 0 Å². The van der Waals surface area contributed by atoms with Crippen LogP contribution < -0.4 is 5.32 Å². The van der Waals surface area contributed by atoms with Gasteiger partial charge in [0.15, 0.2) is 0 Å². The van der Waals surface area contributed by atoms with Gasteiger partial charge in [0, 0.05) is 20.1 Å². The minimum Gasteiger partial charge on any atom is -0.355 e. The van der Waals surface area contributed by atoms with Crippen LogP contribution >= 0.6 is 0 Å². The summed E-state index contributed by atoms with van der Waals surface area (Å²) in [4.78, 5) is 26.1. The Bertz CT molecular complexity index is 661. The SMILES string of the molecule is CCNC(=O)[C@H](C)N(Cc1ccccc1)C(=O)CN(C)S(C)(=O)=O. The molecule has 8 heteroatoms. The van der Waals surface area contributed by atoms with Gasteiger partial charge < -0.3 is 10.2 Å². The number of rotatable bonds is 8. The van der Waals surface area contributed by atoms with Crippen molar-refractivity contribution < 1.29 is 18.0 Å². The van der Waals surface area contributed by atoms with Crippen LogP contribution in [0.3, 0.4) is 0 Å². The maximum atomic E-state index is 12.6. The van der Waals surface area contributed by atoms with E-state index in [0.717, 1.165) is 16.1 Å². The van der Waals surface area contributed by atoms with Gasteiger partial charge in [-0.15, -0.1) is 0 Å². The van der Waals surface area contributed by atoms with Crippen molar-refractivity contribution in [3.63, 3.8) is 0 Å². The Kier molecular flexibility index (Phi) is 7.37. The molecule has 0 aliphatic heterocycles. The van der Waals surface area contributed by atoms with Gasteiger partial charge in [0.25, 0.3) is 0 Å². The van der Waals surface area contributed by atoms with Gasteiger partial charge in [0.1, 0.15) is 6.04 Å². The zero-order valence-electron chi connectivity index (χ0n) is 14.5. The molecular formula is C16H25N3O4S. The first-order valence-corrected chi connectivity index (χ1v) is 9.54. The molecule has 0 unspecified atom stereocenters. The Morgan fingerprint density at radius 3 is 2.29 bits per heavy atom. The van der Waals surface area contributed by atoms with Crippen LogP contribution in [-0.4, -0.2) is 61.9 Å². The summed E-state index contributed by atoms with van der Waals surface area (Å²) >= 11 is 0. The Labute approximate surface area is 143 Å². The first-order valence-electron chi connectivity index (χ1n) is 7.69. The quantitative estimate of drug-likeness (QED) is 0.733. The Balaban J connectivity index is 2.99. The van der Waals surface area contributed by atoms with Crippen LogP contribution in [0.25, 0.3) is 0 Å². The molecule has 1 aromatic carbocycles. The van der Waals surface area contributed by atoms with Crippen LogP contribution in [0.4, 0.5) is 0 Å². The molecule has 0 aliphatic rings. The largest absolute Gasteiger partial charge is 0.355 e. The fraction of sp³-hybridized carbons (Fsp3) is 0.500. The zero-order chi connectivity index (χ0) is 18.3. The first kappa shape index (κ1) is 20.1. The third-order valence-electron chi connectivity index (χ3n) is 3.64. The van der Waals surface area contributed by atoms with Crippen LogP contribution in [0, 0.1) is 0 Å². The average molecular weight is 355 g/mol. The fourth-order valence-electron chi connectivity index (χ4n) is 2.08. The van der Waals surface area contributed by atoms with Crippen molar-refractivity contribution in [2.24, 2.45) is 0 Å². The Hall–Kier alpha value is -1.93. The summed E-state index contributed by atoms with van der Waals surface area (Å²) in [6.45, 7) is 3.81. The molecule has 2 amide bonds. The molecule has 0 fully saturated rings. The van der Waals surface area contributed by atoms with Gasteiger partial charge in [-0.1, -0.05) is 30.3 Å². The standard InChI is InChI=1S/C16H25N3O4S/c1-5-17-16(21)13(2)19(11-14-9-7-6-8-10-14)15(20)12-18(3)24(4,22)23/h6-10,13H,5,11-12H2,1-4H3,(H,17,21)/t13-/m0/s1. The topological polar surface area (TPSA) is 86.8 Å². The molecule has 134 valence electrons. The van der Waals surface area contributed by atoms with Gasteiger partial charge >= 0.3 is 0 Å². The molecule has 24 heavy (non-hydrogen) atoms. The normalized spacial score (nSPS) is 12.7. The molecule has 0 heterocycles. The number of amides is 2. The van der Waals surface area contributed by atoms with Gasteiger partial charge in [0.2, 0.25) is 21.8 Å². The van der Waals surface area contributed by atoms with E-state index in [-0.39, 0.29) is 19.0 Å². The van der Waals surface area contributed by atoms with Crippen molar-refractivity contribution in [3.05, 3.63) is 35.9 Å². The molecule has 7 nitrogen and oxygen atoms in total. The molecule has 0 aromatic heterocycles. The second-order valence-corrected chi connectivity index (χ2v) is 7.69. The summed E-state index contributed by atoms with van der Waals surface area (Å²) in [5.41, 5.74) is 0.865. The molecule has 1 rings (SSSR count). The molecule has 0 saturated heterocycles. The van der Waals surface area contributed by atoms with Crippen molar-refractivity contribution in [3.8, 4) is 0 Å². The van der Waals surface area contributed by atoms with Crippen LogP contribution in [0.1, 0.15) is 19.4 Å². The number of hydrogen-bond acceptors (Lipinski definition) is 4. The highest BCUT2D eigenvalue weighted by Crippen LogP contribution is 2.10. The number of carbonyl (C=O) groups is 2. The Morgan fingerprint density at radius 2 is 1.79 bits per heavy atom. The third kappa shape index (κ3) is 5.93. The number of likely N-dealkylation sites (N-methyl/N-ethyl adjacent to an activating group) is 2. The van der Waals surface area contributed by atoms with E-state index in [4.69, 9.17) is 0 Å². The third-order valence-corrected chi connectivity index (χ3v) is 4.90. The molecule has 0 spiro atoms. The summed E-state index contributed by atoms with van der Waals surface area (Å²) in [5.74, 6) is -0.700. The predicted octanol–water partition coefficient (Wildman–Crippen LogP) is 0.431. The molecule has 1 atom stereocenters. The number of benzene rings is 1. The number of sulfonamides is 1. The fourth-order valence-corrected chi connectivity index (χ4v) is 2.43. The van der Waals surface area contributed by atoms with E-state index in [1.165, 1.54) is 11.9 Å². The molecule has 1 N–H and O–H groups in total. The smallest absolute Gasteiger partial charge is 0.242 e. The lowest BCUT2D eigenvalue weighted by Crippen LogP contribution is -2.50. The monoisotopic (exact) mass is 355 g/mol. The second-order valence-electron chi connectivity index (χ2n) is 5.60. The molecule has 0 bridgehead atoms. The molecule has 1 aromatic rings. The highest BCUT2D eigenvalue weighted by atomic mass is 32.2. The summed E-state index contributed by atoms with van der Waals surface area (Å²) < 4.78 is 24.0. The summed E-state index contributed by atoms with van der Waals surface area (Å²) in [5, 5.41) is 2.69. The molecule has 0 saturated carbocycles. The van der Waals surface area contributed by atoms with Gasteiger partial charge in [-0.25, -0.2) is 8.42 Å². The van der Waals surface area contributed by atoms with Gasteiger partial charge in [0.05, 0.1) is 12.8 Å². The van der Waals surface area contributed by atoms with Gasteiger partial charge in [-0.3, -0.25) is 9.59 Å². The lowest BCUT2D eigenvalue weighted by molar-refractivity contribution is -0.140. The number of nitrogens with zero attached hydrogens (tertiary/aromatic N) is 2. The maximum absolute atomic E-state index is 12.6. The minimum absolute atomic E-state index is 0.232. The van der Waals surface area contributed by atoms with E-state index >= 15 is 0 Å². The highest BCUT2D eigenvalue weighted by Gasteiger charge is 2.27. The molecule has 0 aliphatic carbocycles. The van der Waals surface area contributed by atoms with Crippen LogP contribution in [0.5, 0.6) is 0 Å². The summed E-state index contributed by atoms with van der Waals surface area (Å²) in [6, 6.07) is 8.55. The van der Waals surface area contributed by atoms with Crippen molar-refractivity contribution in [1.29, 1.82) is 0 Å². The molecule has 0 radical (unpaired) electrons. The van der Waals surface area contributed by atoms with E-state index in [0.29, 0.717) is 6.54 Å². The van der Waals surface area contributed by atoms with E-state index in [1.54, 1.807) is 13.8 Å². The summed E-state index contributed by atoms with van der Waals surface area (Å²) in [6.07, 6.45) is 1.04. The van der Waals surface area contributed by atoms with E-state index in [9.17, 15) is 18.0 Å². The maximum Gasteiger partial charge on any atom is 0.242 e. The lowest BCUT2D eigenvalue weighted by Gasteiger charge is -2.30. The number of hydrogen-bond donors (Lipinski definition) is 1. The van der Waals surface area contributed by atoms with Crippen molar-refractivity contribution in [2.45, 2.75) is 26.4 Å². The van der Waals surface area contributed by atoms with Crippen LogP contribution in [0.15, 0.2) is 30.3 Å². The van der Waals surface area contributed by atoms with E-state index < -0.39 is 22.0 Å². The minimum atomic E-state index is -3.48. The first-order chi connectivity index (χ1) is 11.2. The van der Waals surface area contributed by atoms with Crippen LogP contribution in [-0.2, 0) is 26.2 Å².